The molecule has 1 saturated carbocycles. The Morgan fingerprint density at radius 1 is 1.14 bits per heavy atom. The average molecular weight is 383 g/mol. The van der Waals surface area contributed by atoms with Gasteiger partial charge >= 0.3 is 0 Å². The summed E-state index contributed by atoms with van der Waals surface area (Å²) in [5.74, 6) is 0.648. The largest absolute Gasteiger partial charge is 0.479 e. The number of nitrogens with zero attached hydrogens (tertiary/aromatic N) is 5. The first-order valence-electron chi connectivity index (χ1n) is 9.55. The Morgan fingerprint density at radius 2 is 1.93 bits per heavy atom. The normalized spacial score (nSPS) is 27.2. The quantitative estimate of drug-likeness (QED) is 0.749. The van der Waals surface area contributed by atoms with Crippen LogP contribution in [0.15, 0.2) is 36.8 Å². The number of benzene rings is 1. The van der Waals surface area contributed by atoms with Crippen LogP contribution >= 0.6 is 0 Å². The van der Waals surface area contributed by atoms with Gasteiger partial charge in [0.2, 0.25) is 11.8 Å². The molecule has 3 heterocycles. The molecule has 5 rings (SSSR count). The van der Waals surface area contributed by atoms with E-state index >= 15 is 0 Å². The summed E-state index contributed by atoms with van der Waals surface area (Å²) in [7, 11) is 1.40. The van der Waals surface area contributed by atoms with E-state index in [4.69, 9.17) is 4.74 Å². The third kappa shape index (κ3) is 2.79. The number of fused-ring (bicyclic) bond motifs is 2. The van der Waals surface area contributed by atoms with E-state index in [0.29, 0.717) is 17.8 Å². The highest BCUT2D eigenvalue weighted by Crippen LogP contribution is 2.43. The molecule has 0 radical (unpaired) electrons. The van der Waals surface area contributed by atoms with Gasteiger partial charge in [0, 0.05) is 13.1 Å². The van der Waals surface area contributed by atoms with E-state index in [2.05, 4.69) is 24.4 Å². The molecular weight excluding hydrogens is 361 g/mol. The Balaban J connectivity index is 1.38. The van der Waals surface area contributed by atoms with Crippen molar-refractivity contribution in [3.05, 3.63) is 42.6 Å². The molecule has 3 aromatic rings. The van der Waals surface area contributed by atoms with Gasteiger partial charge in [-0.2, -0.15) is 9.37 Å². The van der Waals surface area contributed by atoms with E-state index < -0.39 is 11.9 Å². The van der Waals surface area contributed by atoms with E-state index in [1.54, 1.807) is 0 Å². The second-order valence-electron chi connectivity index (χ2n) is 7.70. The van der Waals surface area contributed by atoms with Crippen molar-refractivity contribution in [2.24, 2.45) is 11.8 Å². The molecule has 8 heteroatoms. The Kier molecular flexibility index (Phi) is 4.16. The highest BCUT2D eigenvalue weighted by atomic mass is 19.1. The molecule has 0 amide bonds. The van der Waals surface area contributed by atoms with Gasteiger partial charge in [-0.1, -0.05) is 12.1 Å². The van der Waals surface area contributed by atoms with Gasteiger partial charge < -0.3 is 19.3 Å². The molecule has 28 heavy (non-hydrogen) atoms. The van der Waals surface area contributed by atoms with Crippen LogP contribution in [0.2, 0.25) is 0 Å². The molecule has 2 aliphatic rings. The second-order valence-corrected chi connectivity index (χ2v) is 7.70. The van der Waals surface area contributed by atoms with Gasteiger partial charge in [0.25, 0.3) is 5.88 Å². The lowest BCUT2D eigenvalue weighted by molar-refractivity contribution is 0.0375. The standard InChI is InChI=1S/C20H22FN5O2/c1-28-19-14(21)8-22-20(24-19)25-9-12-6-17(18(27)7-13(12)10-25)26-11-23-15-4-2-3-5-16(15)26/h2-5,8,11-13,17-18,27H,6-7,9-10H2,1H3/t12-,13+,17-,18-/m1/s1. The van der Waals surface area contributed by atoms with Gasteiger partial charge in [-0.3, -0.25) is 0 Å². The van der Waals surface area contributed by atoms with Crippen molar-refractivity contribution < 1.29 is 14.2 Å². The summed E-state index contributed by atoms with van der Waals surface area (Å²) in [6.45, 7) is 1.54. The van der Waals surface area contributed by atoms with Crippen molar-refractivity contribution >= 4 is 17.0 Å². The Hall–Kier alpha value is -2.74. The van der Waals surface area contributed by atoms with Gasteiger partial charge in [-0.05, 0) is 36.8 Å². The van der Waals surface area contributed by atoms with Crippen molar-refractivity contribution in [2.75, 3.05) is 25.1 Å². The minimum atomic E-state index is -0.565. The summed E-state index contributed by atoms with van der Waals surface area (Å²) in [5, 5.41) is 10.9. The molecule has 4 atom stereocenters. The number of ether oxygens (including phenoxy) is 1. The van der Waals surface area contributed by atoms with Crippen LogP contribution in [0.5, 0.6) is 5.88 Å². The number of rotatable bonds is 3. The van der Waals surface area contributed by atoms with Crippen molar-refractivity contribution in [2.45, 2.75) is 25.0 Å². The highest BCUT2D eigenvalue weighted by molar-refractivity contribution is 5.75. The minimum Gasteiger partial charge on any atom is -0.479 e. The predicted molar refractivity (Wildman–Crippen MR) is 102 cm³/mol. The molecule has 1 aliphatic heterocycles. The average Bonchev–Trinajstić information content (AvgIpc) is 3.31. The number of para-hydroxylation sites is 2. The summed E-state index contributed by atoms with van der Waals surface area (Å²) in [6.07, 6.45) is 4.14. The van der Waals surface area contributed by atoms with Gasteiger partial charge in [-0.25, -0.2) is 9.97 Å². The molecule has 1 N–H and O–H groups in total. The molecule has 0 unspecified atom stereocenters. The topological polar surface area (TPSA) is 76.3 Å². The lowest BCUT2D eigenvalue weighted by Gasteiger charge is -2.36. The first kappa shape index (κ1) is 17.4. The van der Waals surface area contributed by atoms with Crippen LogP contribution in [0.4, 0.5) is 10.3 Å². The van der Waals surface area contributed by atoms with Gasteiger partial charge in [-0.15, -0.1) is 0 Å². The van der Waals surface area contributed by atoms with Crippen LogP contribution in [0.1, 0.15) is 18.9 Å². The van der Waals surface area contributed by atoms with E-state index in [-0.39, 0.29) is 11.9 Å². The fourth-order valence-electron chi connectivity index (χ4n) is 4.75. The zero-order valence-electron chi connectivity index (χ0n) is 15.6. The smallest absolute Gasteiger partial charge is 0.255 e. The maximum atomic E-state index is 13.6. The van der Waals surface area contributed by atoms with Crippen molar-refractivity contribution in [1.29, 1.82) is 0 Å². The summed E-state index contributed by atoms with van der Waals surface area (Å²) in [4.78, 5) is 14.9. The lowest BCUT2D eigenvalue weighted by Crippen LogP contribution is -2.36. The number of aromatic nitrogens is 4. The van der Waals surface area contributed by atoms with Crippen LogP contribution in [0, 0.1) is 17.7 Å². The maximum Gasteiger partial charge on any atom is 0.255 e. The number of hydrogen-bond acceptors (Lipinski definition) is 6. The Labute approximate surface area is 161 Å². The minimum absolute atomic E-state index is 0.00253. The molecule has 1 saturated heterocycles. The zero-order chi connectivity index (χ0) is 19.3. The molecular formula is C20H22FN5O2. The number of methoxy groups -OCH3 is 1. The monoisotopic (exact) mass is 383 g/mol. The Bertz CT molecular complexity index is 1010. The van der Waals surface area contributed by atoms with Crippen LogP contribution in [-0.2, 0) is 0 Å². The lowest BCUT2D eigenvalue weighted by atomic mass is 9.77. The van der Waals surface area contributed by atoms with Crippen LogP contribution < -0.4 is 9.64 Å². The molecule has 1 aliphatic carbocycles. The van der Waals surface area contributed by atoms with Crippen molar-refractivity contribution in [3.8, 4) is 5.88 Å². The molecule has 0 bridgehead atoms. The van der Waals surface area contributed by atoms with Crippen LogP contribution in [-0.4, -0.2) is 50.9 Å². The van der Waals surface area contributed by atoms with Crippen LogP contribution in [0.25, 0.3) is 11.0 Å². The van der Waals surface area contributed by atoms with E-state index in [1.807, 2.05) is 30.6 Å². The van der Waals surface area contributed by atoms with Gasteiger partial charge in [0.15, 0.2) is 0 Å². The number of imidazole rings is 1. The van der Waals surface area contributed by atoms with Crippen molar-refractivity contribution in [3.63, 3.8) is 0 Å². The molecule has 2 fully saturated rings. The van der Waals surface area contributed by atoms with Gasteiger partial charge in [0.1, 0.15) is 0 Å². The Morgan fingerprint density at radius 3 is 2.75 bits per heavy atom. The predicted octanol–water partition coefficient (Wildman–Crippen LogP) is 2.42. The summed E-state index contributed by atoms with van der Waals surface area (Å²) < 4.78 is 20.7. The van der Waals surface area contributed by atoms with E-state index in [0.717, 1.165) is 43.2 Å². The summed E-state index contributed by atoms with van der Waals surface area (Å²) >= 11 is 0. The fourth-order valence-corrected chi connectivity index (χ4v) is 4.75. The van der Waals surface area contributed by atoms with Gasteiger partial charge in [0.05, 0.1) is 42.8 Å². The number of halogens is 1. The summed E-state index contributed by atoms with van der Waals surface area (Å²) in [5.41, 5.74) is 1.99. The molecule has 1 aromatic carbocycles. The molecule has 146 valence electrons. The number of aliphatic hydroxyl groups is 1. The van der Waals surface area contributed by atoms with Crippen LogP contribution in [0.3, 0.4) is 0 Å². The fraction of sp³-hybridized carbons (Fsp3) is 0.450. The van der Waals surface area contributed by atoms with E-state index in [9.17, 15) is 9.50 Å². The highest BCUT2D eigenvalue weighted by Gasteiger charge is 2.43. The third-order valence-electron chi connectivity index (χ3n) is 6.12. The molecule has 0 spiro atoms. The summed E-state index contributed by atoms with van der Waals surface area (Å²) in [6, 6.07) is 7.99. The first-order valence-corrected chi connectivity index (χ1v) is 9.55. The third-order valence-corrected chi connectivity index (χ3v) is 6.12. The van der Waals surface area contributed by atoms with E-state index in [1.165, 1.54) is 7.11 Å². The second kappa shape index (κ2) is 6.70. The molecule has 2 aromatic heterocycles. The maximum absolute atomic E-state index is 13.6. The number of aliphatic hydroxyl groups excluding tert-OH is 1. The molecule has 7 nitrogen and oxygen atoms in total. The number of anilines is 1. The van der Waals surface area contributed by atoms with Crippen molar-refractivity contribution in [1.82, 2.24) is 19.5 Å². The zero-order valence-corrected chi connectivity index (χ0v) is 15.6. The SMILES string of the molecule is COc1nc(N2C[C@H]3C[C@@H](n4cnc5ccccc54)[C@H](O)C[C@H]3C2)ncc1F. The number of hydrogen-bond donors (Lipinski definition) is 1. The first-order chi connectivity index (χ1) is 13.6.